The first-order chi connectivity index (χ1) is 15.0. The summed E-state index contributed by atoms with van der Waals surface area (Å²) < 4.78 is 30.8. The van der Waals surface area contributed by atoms with Gasteiger partial charge >= 0.3 is 0 Å². The van der Waals surface area contributed by atoms with Crippen LogP contribution < -0.4 is 10.6 Å². The Balaban J connectivity index is 1.64. The SMILES string of the molecule is Cc1ccc(C(C)C)c(OCc2nnc(SC(C)C(=O)N(C)C3CCS(=O)(=O)C3)n2N)c1. The Morgan fingerprint density at radius 2 is 2.06 bits per heavy atom. The number of benzene rings is 1. The predicted molar refractivity (Wildman–Crippen MR) is 125 cm³/mol. The molecule has 2 N–H and O–H groups in total. The highest BCUT2D eigenvalue weighted by molar-refractivity contribution is 8.00. The minimum Gasteiger partial charge on any atom is -0.485 e. The molecule has 0 radical (unpaired) electrons. The monoisotopic (exact) mass is 481 g/mol. The Kier molecular flexibility index (Phi) is 7.39. The maximum absolute atomic E-state index is 12.8. The molecule has 2 atom stereocenters. The lowest BCUT2D eigenvalue weighted by molar-refractivity contribution is -0.130. The Bertz CT molecular complexity index is 1080. The summed E-state index contributed by atoms with van der Waals surface area (Å²) in [6.07, 6.45) is 0.466. The van der Waals surface area contributed by atoms with E-state index in [0.29, 0.717) is 23.3 Å². The van der Waals surface area contributed by atoms with Crippen LogP contribution in [0, 0.1) is 6.92 Å². The zero-order valence-corrected chi connectivity index (χ0v) is 20.7. The summed E-state index contributed by atoms with van der Waals surface area (Å²) >= 11 is 1.19. The van der Waals surface area contributed by atoms with E-state index in [1.165, 1.54) is 21.3 Å². The van der Waals surface area contributed by atoms with Gasteiger partial charge in [0.25, 0.3) is 0 Å². The van der Waals surface area contributed by atoms with Crippen molar-refractivity contribution >= 4 is 27.5 Å². The highest BCUT2D eigenvalue weighted by Crippen LogP contribution is 2.29. The lowest BCUT2D eigenvalue weighted by Gasteiger charge is -2.26. The summed E-state index contributed by atoms with van der Waals surface area (Å²) in [5, 5.41) is 8.13. The van der Waals surface area contributed by atoms with Crippen LogP contribution in [-0.2, 0) is 21.2 Å². The van der Waals surface area contributed by atoms with Gasteiger partial charge in [-0.1, -0.05) is 37.7 Å². The highest BCUT2D eigenvalue weighted by atomic mass is 32.2. The van der Waals surface area contributed by atoms with Crippen LogP contribution >= 0.6 is 11.8 Å². The molecule has 3 rings (SSSR count). The number of nitrogens with two attached hydrogens (primary N) is 1. The Morgan fingerprint density at radius 3 is 2.69 bits per heavy atom. The zero-order chi connectivity index (χ0) is 23.6. The summed E-state index contributed by atoms with van der Waals surface area (Å²) in [4.78, 5) is 14.3. The van der Waals surface area contributed by atoms with Crippen molar-refractivity contribution in [1.82, 2.24) is 19.8 Å². The van der Waals surface area contributed by atoms with Gasteiger partial charge in [0.1, 0.15) is 12.4 Å². The number of rotatable bonds is 8. The molecule has 176 valence electrons. The van der Waals surface area contributed by atoms with E-state index in [0.717, 1.165) is 16.9 Å². The molecule has 1 aromatic carbocycles. The standard InChI is InChI=1S/C21H31N5O4S2/c1-13(2)17-7-6-14(3)10-18(17)30-11-19-23-24-21(26(19)22)31-15(4)20(27)25(5)16-8-9-32(28,29)12-16/h6-7,10,13,15-16H,8-9,11-12,22H2,1-5H3. The largest absolute Gasteiger partial charge is 0.485 e. The van der Waals surface area contributed by atoms with Gasteiger partial charge in [0, 0.05) is 13.1 Å². The minimum atomic E-state index is -3.06. The van der Waals surface area contributed by atoms with Crippen molar-refractivity contribution < 1.29 is 17.9 Å². The normalized spacial score (nSPS) is 18.6. The summed E-state index contributed by atoms with van der Waals surface area (Å²) in [7, 11) is -1.42. The van der Waals surface area contributed by atoms with E-state index < -0.39 is 15.1 Å². The van der Waals surface area contributed by atoms with E-state index >= 15 is 0 Å². The molecular formula is C21H31N5O4S2. The molecule has 2 heterocycles. The second-order valence-corrected chi connectivity index (χ2v) is 12.1. The maximum atomic E-state index is 12.8. The molecule has 11 heteroatoms. The molecule has 9 nitrogen and oxygen atoms in total. The molecule has 0 aliphatic carbocycles. The van der Waals surface area contributed by atoms with Gasteiger partial charge in [-0.3, -0.25) is 4.79 Å². The number of hydrogen-bond donors (Lipinski definition) is 1. The molecule has 2 unspecified atom stereocenters. The lowest BCUT2D eigenvalue weighted by atomic mass is 10.0. The minimum absolute atomic E-state index is 0.0124. The molecule has 0 saturated carbocycles. The number of amides is 1. The molecule has 1 saturated heterocycles. The average molecular weight is 482 g/mol. The number of ether oxygens (including phenoxy) is 1. The molecule has 1 aromatic heterocycles. The Hall–Kier alpha value is -2.27. The second-order valence-electron chi connectivity index (χ2n) is 8.52. The van der Waals surface area contributed by atoms with Gasteiger partial charge in [-0.15, -0.1) is 10.2 Å². The second kappa shape index (κ2) is 9.70. The van der Waals surface area contributed by atoms with Gasteiger partial charge in [-0.25, -0.2) is 13.1 Å². The summed E-state index contributed by atoms with van der Waals surface area (Å²) in [5.41, 5.74) is 2.20. The number of thioether (sulfide) groups is 1. The predicted octanol–water partition coefficient (Wildman–Crippen LogP) is 2.13. The number of aromatic nitrogens is 3. The highest BCUT2D eigenvalue weighted by Gasteiger charge is 2.34. The van der Waals surface area contributed by atoms with E-state index in [1.54, 1.807) is 14.0 Å². The van der Waals surface area contributed by atoms with Crippen LogP contribution in [0.3, 0.4) is 0 Å². The van der Waals surface area contributed by atoms with Crippen molar-refractivity contribution in [2.45, 2.75) is 63.1 Å². The number of carbonyl (C=O) groups is 1. The van der Waals surface area contributed by atoms with Gasteiger partial charge in [0.2, 0.25) is 11.1 Å². The van der Waals surface area contributed by atoms with Crippen LogP contribution in [0.4, 0.5) is 0 Å². The third-order valence-corrected chi connectivity index (χ3v) is 8.41. The van der Waals surface area contributed by atoms with Crippen molar-refractivity contribution in [1.29, 1.82) is 0 Å². The molecule has 1 amide bonds. The first kappa shape index (κ1) is 24.4. The van der Waals surface area contributed by atoms with Gasteiger partial charge in [0.15, 0.2) is 15.7 Å². The first-order valence-corrected chi connectivity index (χ1v) is 13.2. The molecule has 1 fully saturated rings. The van der Waals surface area contributed by atoms with E-state index in [2.05, 4.69) is 36.2 Å². The quantitative estimate of drug-likeness (QED) is 0.450. The van der Waals surface area contributed by atoms with E-state index in [4.69, 9.17) is 10.6 Å². The summed E-state index contributed by atoms with van der Waals surface area (Å²) in [6, 6.07) is 5.81. The topological polar surface area (TPSA) is 120 Å². The number of sulfone groups is 1. The van der Waals surface area contributed by atoms with Gasteiger partial charge in [-0.2, -0.15) is 0 Å². The summed E-state index contributed by atoms with van der Waals surface area (Å²) in [5.74, 6) is 7.67. The van der Waals surface area contributed by atoms with E-state index in [9.17, 15) is 13.2 Å². The van der Waals surface area contributed by atoms with Crippen molar-refractivity contribution in [3.8, 4) is 5.75 Å². The third kappa shape index (κ3) is 5.55. The number of nitrogen functional groups attached to an aromatic ring is 1. The molecule has 0 spiro atoms. The van der Waals surface area contributed by atoms with Crippen LogP contribution in [0.15, 0.2) is 23.4 Å². The molecule has 2 aromatic rings. The van der Waals surface area contributed by atoms with Gasteiger partial charge in [0.05, 0.1) is 16.8 Å². The molecule has 0 bridgehead atoms. The van der Waals surface area contributed by atoms with Crippen LogP contribution in [0.25, 0.3) is 0 Å². The van der Waals surface area contributed by atoms with Crippen molar-refractivity contribution in [2.75, 3.05) is 24.4 Å². The molecule has 1 aliphatic heterocycles. The fraction of sp³-hybridized carbons (Fsp3) is 0.571. The lowest BCUT2D eigenvalue weighted by Crippen LogP contribution is -2.41. The fourth-order valence-corrected chi connectivity index (χ4v) is 6.29. The number of nitrogens with zero attached hydrogens (tertiary/aromatic N) is 4. The number of aryl methyl sites for hydroxylation is 1. The van der Waals surface area contributed by atoms with Crippen LogP contribution in [0.1, 0.15) is 50.1 Å². The third-order valence-electron chi connectivity index (χ3n) is 5.62. The average Bonchev–Trinajstić information content (AvgIpc) is 3.26. The zero-order valence-electron chi connectivity index (χ0n) is 19.1. The molecule has 32 heavy (non-hydrogen) atoms. The van der Waals surface area contributed by atoms with Gasteiger partial charge in [-0.05, 0) is 43.4 Å². The van der Waals surface area contributed by atoms with Crippen LogP contribution in [0.2, 0.25) is 0 Å². The van der Waals surface area contributed by atoms with E-state index in [-0.39, 0.29) is 30.1 Å². The van der Waals surface area contributed by atoms with Crippen molar-refractivity contribution in [3.05, 3.63) is 35.2 Å². The van der Waals surface area contributed by atoms with Gasteiger partial charge < -0.3 is 15.5 Å². The molecule has 1 aliphatic rings. The first-order valence-electron chi connectivity index (χ1n) is 10.5. The maximum Gasteiger partial charge on any atom is 0.235 e. The number of hydrogen-bond acceptors (Lipinski definition) is 8. The smallest absolute Gasteiger partial charge is 0.235 e. The molecular weight excluding hydrogens is 450 g/mol. The van der Waals surface area contributed by atoms with Crippen molar-refractivity contribution in [2.24, 2.45) is 0 Å². The van der Waals surface area contributed by atoms with E-state index in [1.807, 2.05) is 13.0 Å². The fourth-order valence-electron chi connectivity index (χ4n) is 3.63. The number of carbonyl (C=O) groups excluding carboxylic acids is 1. The van der Waals surface area contributed by atoms with Crippen LogP contribution in [-0.4, -0.2) is 63.9 Å². The van der Waals surface area contributed by atoms with Crippen LogP contribution in [0.5, 0.6) is 5.75 Å². The summed E-state index contributed by atoms with van der Waals surface area (Å²) in [6.45, 7) is 8.12. The Morgan fingerprint density at radius 1 is 1.34 bits per heavy atom. The Labute approximate surface area is 193 Å². The van der Waals surface area contributed by atoms with Crippen molar-refractivity contribution in [3.63, 3.8) is 0 Å².